The van der Waals surface area contributed by atoms with Gasteiger partial charge in [0, 0.05) is 6.07 Å². The fraction of sp³-hybridized carbons (Fsp3) is 0.316. The van der Waals surface area contributed by atoms with Crippen molar-refractivity contribution in [2.45, 2.75) is 19.4 Å². The Balaban J connectivity index is 2.45. The van der Waals surface area contributed by atoms with Crippen LogP contribution in [0.4, 0.5) is 15.8 Å². The van der Waals surface area contributed by atoms with E-state index in [4.69, 9.17) is 9.47 Å². The SMILES string of the molecule is CC[C@H](C(=O)Nc1cc(OC)ccc1OC)N(c1ccccc1F)S(C)(=O)=O. The highest BCUT2D eigenvalue weighted by atomic mass is 32.2. The van der Waals surface area contributed by atoms with Crippen molar-refractivity contribution in [2.24, 2.45) is 0 Å². The number of halogens is 1. The lowest BCUT2D eigenvalue weighted by Gasteiger charge is -2.30. The molecule has 2 rings (SSSR count). The first-order chi connectivity index (χ1) is 13.2. The fourth-order valence-electron chi connectivity index (χ4n) is 2.79. The smallest absolute Gasteiger partial charge is 0.248 e. The number of carbonyl (C=O) groups is 1. The van der Waals surface area contributed by atoms with E-state index in [1.165, 1.54) is 32.4 Å². The molecule has 0 saturated carbocycles. The standard InChI is InChI=1S/C19H23FN2O5S/c1-5-16(22(28(4,24)25)17-9-7-6-8-14(17)20)19(23)21-15-12-13(26-2)10-11-18(15)27-3/h6-12,16H,5H2,1-4H3,(H,21,23)/t16-/m1/s1. The van der Waals surface area contributed by atoms with E-state index in [1.54, 1.807) is 25.1 Å². The molecule has 1 atom stereocenters. The molecule has 0 saturated heterocycles. The Morgan fingerprint density at radius 1 is 1.18 bits per heavy atom. The third kappa shape index (κ3) is 4.72. The number of carbonyl (C=O) groups excluding carboxylic acids is 1. The summed E-state index contributed by atoms with van der Waals surface area (Å²) in [7, 11) is -1.02. The van der Waals surface area contributed by atoms with Gasteiger partial charge in [-0.05, 0) is 30.7 Å². The second-order valence-electron chi connectivity index (χ2n) is 5.99. The van der Waals surface area contributed by atoms with Gasteiger partial charge in [0.15, 0.2) is 0 Å². The van der Waals surface area contributed by atoms with E-state index >= 15 is 0 Å². The summed E-state index contributed by atoms with van der Waals surface area (Å²) < 4.78 is 50.3. The van der Waals surface area contributed by atoms with Crippen LogP contribution >= 0.6 is 0 Å². The summed E-state index contributed by atoms with van der Waals surface area (Å²) in [6.45, 7) is 1.64. The topological polar surface area (TPSA) is 84.9 Å². The zero-order valence-corrected chi connectivity index (χ0v) is 16.9. The van der Waals surface area contributed by atoms with Crippen molar-refractivity contribution in [3.05, 3.63) is 48.3 Å². The summed E-state index contributed by atoms with van der Waals surface area (Å²) in [6.07, 6.45) is 1.06. The molecule has 0 bridgehead atoms. The Kier molecular flexibility index (Phi) is 6.85. The van der Waals surface area contributed by atoms with Crippen LogP contribution in [0.3, 0.4) is 0 Å². The van der Waals surface area contributed by atoms with Crippen LogP contribution in [0.5, 0.6) is 11.5 Å². The Labute approximate surface area is 164 Å². The Morgan fingerprint density at radius 2 is 1.86 bits per heavy atom. The number of nitrogens with zero attached hydrogens (tertiary/aromatic N) is 1. The van der Waals surface area contributed by atoms with E-state index in [0.717, 1.165) is 16.6 Å². The Hall–Kier alpha value is -2.81. The van der Waals surface area contributed by atoms with Gasteiger partial charge >= 0.3 is 0 Å². The average Bonchev–Trinajstić information content (AvgIpc) is 2.65. The largest absolute Gasteiger partial charge is 0.497 e. The molecule has 0 radical (unpaired) electrons. The van der Waals surface area contributed by atoms with Gasteiger partial charge in [0.25, 0.3) is 0 Å². The highest BCUT2D eigenvalue weighted by Crippen LogP contribution is 2.30. The molecule has 1 amide bonds. The first-order valence-corrected chi connectivity index (χ1v) is 10.3. The number of anilines is 2. The van der Waals surface area contributed by atoms with Crippen LogP contribution in [0.2, 0.25) is 0 Å². The lowest BCUT2D eigenvalue weighted by molar-refractivity contribution is -0.117. The van der Waals surface area contributed by atoms with Crippen molar-refractivity contribution >= 4 is 27.3 Å². The molecule has 0 fully saturated rings. The van der Waals surface area contributed by atoms with Crippen molar-refractivity contribution < 1.29 is 27.1 Å². The maximum Gasteiger partial charge on any atom is 0.248 e. The first-order valence-electron chi connectivity index (χ1n) is 8.49. The number of amides is 1. The predicted molar refractivity (Wildman–Crippen MR) is 106 cm³/mol. The molecular formula is C19H23FN2O5S. The third-order valence-electron chi connectivity index (χ3n) is 4.08. The fourth-order valence-corrected chi connectivity index (χ4v) is 4.01. The Bertz CT molecular complexity index is 949. The maximum absolute atomic E-state index is 14.3. The van der Waals surface area contributed by atoms with E-state index in [0.29, 0.717) is 17.2 Å². The van der Waals surface area contributed by atoms with E-state index in [2.05, 4.69) is 5.32 Å². The van der Waals surface area contributed by atoms with Crippen molar-refractivity contribution in [1.82, 2.24) is 0 Å². The number of sulfonamides is 1. The monoisotopic (exact) mass is 410 g/mol. The van der Waals surface area contributed by atoms with Gasteiger partial charge < -0.3 is 14.8 Å². The lowest BCUT2D eigenvalue weighted by atomic mass is 10.1. The van der Waals surface area contributed by atoms with Crippen LogP contribution in [0.25, 0.3) is 0 Å². The number of hydrogen-bond donors (Lipinski definition) is 1. The minimum absolute atomic E-state index is 0.125. The summed E-state index contributed by atoms with van der Waals surface area (Å²) >= 11 is 0. The maximum atomic E-state index is 14.3. The summed E-state index contributed by atoms with van der Waals surface area (Å²) in [6, 6.07) is 9.07. The van der Waals surface area contributed by atoms with Crippen molar-refractivity contribution in [3.8, 4) is 11.5 Å². The van der Waals surface area contributed by atoms with Gasteiger partial charge in [0.1, 0.15) is 23.4 Å². The molecule has 0 heterocycles. The Morgan fingerprint density at radius 3 is 2.39 bits per heavy atom. The number of para-hydroxylation sites is 1. The minimum Gasteiger partial charge on any atom is -0.497 e. The van der Waals surface area contributed by atoms with E-state index in [1.807, 2.05) is 0 Å². The van der Waals surface area contributed by atoms with Gasteiger partial charge in [-0.25, -0.2) is 12.8 Å². The van der Waals surface area contributed by atoms with E-state index in [-0.39, 0.29) is 12.1 Å². The number of rotatable bonds is 8. The van der Waals surface area contributed by atoms with Gasteiger partial charge in [0.05, 0.1) is 31.9 Å². The molecule has 152 valence electrons. The molecule has 2 aromatic rings. The zero-order chi connectivity index (χ0) is 20.9. The summed E-state index contributed by atoms with van der Waals surface area (Å²) in [5.74, 6) is -0.500. The molecular weight excluding hydrogens is 387 g/mol. The second kappa shape index (κ2) is 8.92. The number of nitrogens with one attached hydrogen (secondary N) is 1. The second-order valence-corrected chi connectivity index (χ2v) is 7.85. The quantitative estimate of drug-likeness (QED) is 0.723. The van der Waals surface area contributed by atoms with E-state index in [9.17, 15) is 17.6 Å². The third-order valence-corrected chi connectivity index (χ3v) is 5.25. The molecule has 9 heteroatoms. The number of methoxy groups -OCH3 is 2. The summed E-state index contributed by atoms with van der Waals surface area (Å²) in [5.41, 5.74) is 0.122. The van der Waals surface area contributed by atoms with Gasteiger partial charge in [0.2, 0.25) is 15.9 Å². The van der Waals surface area contributed by atoms with Crippen molar-refractivity contribution in [3.63, 3.8) is 0 Å². The summed E-state index contributed by atoms with van der Waals surface area (Å²) in [4.78, 5) is 12.9. The molecule has 1 N–H and O–H groups in total. The molecule has 7 nitrogen and oxygen atoms in total. The lowest BCUT2D eigenvalue weighted by Crippen LogP contribution is -2.47. The molecule has 0 aliphatic rings. The van der Waals surface area contributed by atoms with Gasteiger partial charge in [-0.3, -0.25) is 9.10 Å². The number of benzene rings is 2. The average molecular weight is 410 g/mol. The van der Waals surface area contributed by atoms with Crippen LogP contribution in [0.15, 0.2) is 42.5 Å². The van der Waals surface area contributed by atoms with E-state index < -0.39 is 27.8 Å². The molecule has 0 aliphatic heterocycles. The highest BCUT2D eigenvalue weighted by molar-refractivity contribution is 7.92. The summed E-state index contributed by atoms with van der Waals surface area (Å²) in [5, 5.41) is 2.66. The van der Waals surface area contributed by atoms with Gasteiger partial charge in [-0.15, -0.1) is 0 Å². The molecule has 0 spiro atoms. The van der Waals surface area contributed by atoms with Crippen LogP contribution in [-0.2, 0) is 14.8 Å². The minimum atomic E-state index is -3.94. The van der Waals surface area contributed by atoms with Crippen LogP contribution in [0.1, 0.15) is 13.3 Å². The van der Waals surface area contributed by atoms with Crippen molar-refractivity contribution in [2.75, 3.05) is 30.1 Å². The van der Waals surface area contributed by atoms with Crippen LogP contribution in [0, 0.1) is 5.82 Å². The van der Waals surface area contributed by atoms with Crippen LogP contribution in [-0.4, -0.2) is 40.8 Å². The molecule has 0 unspecified atom stereocenters. The predicted octanol–water partition coefficient (Wildman–Crippen LogP) is 3.03. The molecule has 28 heavy (non-hydrogen) atoms. The normalized spacial score (nSPS) is 12.2. The highest BCUT2D eigenvalue weighted by Gasteiger charge is 2.33. The van der Waals surface area contributed by atoms with Gasteiger partial charge in [-0.2, -0.15) is 0 Å². The zero-order valence-electron chi connectivity index (χ0n) is 16.1. The number of ether oxygens (including phenoxy) is 2. The molecule has 0 aromatic heterocycles. The molecule has 0 aliphatic carbocycles. The van der Waals surface area contributed by atoms with Crippen molar-refractivity contribution in [1.29, 1.82) is 0 Å². The molecule has 2 aromatic carbocycles. The first kappa shape index (κ1) is 21.5. The number of hydrogen-bond acceptors (Lipinski definition) is 5. The van der Waals surface area contributed by atoms with Crippen LogP contribution < -0.4 is 19.1 Å². The van der Waals surface area contributed by atoms with Gasteiger partial charge in [-0.1, -0.05) is 19.1 Å².